The maximum Gasteiger partial charge on any atom is 0.402 e. The van der Waals surface area contributed by atoms with Gasteiger partial charge >= 0.3 is 6.09 Å². The molecule has 1 unspecified atom stereocenters. The van der Waals surface area contributed by atoms with E-state index in [1.54, 1.807) is 0 Å². The van der Waals surface area contributed by atoms with Gasteiger partial charge in [0, 0.05) is 6.04 Å². The van der Waals surface area contributed by atoms with Gasteiger partial charge in [-0.25, -0.2) is 4.79 Å². The lowest BCUT2D eigenvalue weighted by atomic mass is 10.0. The third-order valence-corrected chi connectivity index (χ3v) is 2.39. The van der Waals surface area contributed by atoms with E-state index in [4.69, 9.17) is 9.90 Å². The average molecular weight is 188 g/mol. The molecule has 1 heterocycles. The molecule has 0 aromatic rings. The summed E-state index contributed by atoms with van der Waals surface area (Å²) in [6.45, 7) is 3.60. The Kier molecular flexibility index (Phi) is 6.32. The monoisotopic (exact) mass is 188 g/mol. The Bertz CT molecular complexity index is 147. The smallest absolute Gasteiger partial charge is 0.402 e. The van der Waals surface area contributed by atoms with Crippen LogP contribution in [0.5, 0.6) is 0 Å². The molecule has 0 radical (unpaired) electrons. The van der Waals surface area contributed by atoms with E-state index in [1.807, 2.05) is 0 Å². The van der Waals surface area contributed by atoms with Crippen molar-refractivity contribution < 1.29 is 9.90 Å². The first-order valence-corrected chi connectivity index (χ1v) is 4.76. The van der Waals surface area contributed by atoms with Crippen molar-refractivity contribution in [3.63, 3.8) is 0 Å². The largest absolute Gasteiger partial charge is 0.465 e. The Morgan fingerprint density at radius 2 is 2.15 bits per heavy atom. The molecule has 4 nitrogen and oxygen atoms in total. The first kappa shape index (κ1) is 12.2. The van der Waals surface area contributed by atoms with Gasteiger partial charge in [-0.15, -0.1) is 0 Å². The number of carbonyl (C=O) groups is 1. The van der Waals surface area contributed by atoms with Crippen LogP contribution in [0.2, 0.25) is 0 Å². The fraction of sp³-hybridized carbons (Fsp3) is 0.889. The van der Waals surface area contributed by atoms with E-state index in [9.17, 15) is 0 Å². The van der Waals surface area contributed by atoms with Crippen molar-refractivity contribution in [3.8, 4) is 0 Å². The minimum absolute atomic E-state index is 0.888. The number of hydrogen-bond acceptors (Lipinski definition) is 2. The van der Waals surface area contributed by atoms with E-state index >= 15 is 0 Å². The van der Waals surface area contributed by atoms with Gasteiger partial charge in [0.1, 0.15) is 0 Å². The number of nitrogens with zero attached hydrogens (tertiary/aromatic N) is 1. The van der Waals surface area contributed by atoms with Gasteiger partial charge in [0.25, 0.3) is 0 Å². The molecule has 3 N–H and O–H groups in total. The zero-order valence-electron chi connectivity index (χ0n) is 8.49. The number of amides is 1. The van der Waals surface area contributed by atoms with Crippen molar-refractivity contribution in [2.24, 2.45) is 5.73 Å². The van der Waals surface area contributed by atoms with Crippen LogP contribution in [0.3, 0.4) is 0 Å². The Labute approximate surface area is 79.7 Å². The van der Waals surface area contributed by atoms with Crippen molar-refractivity contribution in [1.82, 2.24) is 4.90 Å². The molecule has 4 heteroatoms. The second kappa shape index (κ2) is 6.71. The predicted molar refractivity (Wildman–Crippen MR) is 52.8 cm³/mol. The molecule has 0 saturated carbocycles. The Morgan fingerprint density at radius 1 is 1.62 bits per heavy atom. The number of likely N-dealkylation sites (tertiary alicyclic amines) is 1. The Balaban J connectivity index is 0.000000310. The standard InChI is InChI=1S/C8H17N.CH3NO2/c1-3-8-6-4-5-7-9(8)2;2-1(3)4/h8H,3-7H2,1-2H3;2H2,(H,3,4). The average Bonchev–Trinajstić information content (AvgIpc) is 2.04. The molecule has 1 rings (SSSR count). The highest BCUT2D eigenvalue weighted by Crippen LogP contribution is 2.16. The summed E-state index contributed by atoms with van der Waals surface area (Å²) in [5.41, 5.74) is 4.03. The lowest BCUT2D eigenvalue weighted by Crippen LogP contribution is -2.35. The number of carboxylic acid groups (broad SMARTS) is 1. The highest BCUT2D eigenvalue weighted by Gasteiger charge is 2.15. The normalized spacial score (nSPS) is 23.1. The minimum atomic E-state index is -1.33. The van der Waals surface area contributed by atoms with Crippen LogP contribution < -0.4 is 5.73 Å². The van der Waals surface area contributed by atoms with Crippen LogP contribution >= 0.6 is 0 Å². The molecule has 0 aliphatic carbocycles. The summed E-state index contributed by atoms with van der Waals surface area (Å²) in [5.74, 6) is 0. The molecular weight excluding hydrogens is 168 g/mol. The molecule has 0 spiro atoms. The fourth-order valence-corrected chi connectivity index (χ4v) is 1.66. The van der Waals surface area contributed by atoms with Gasteiger partial charge in [0.15, 0.2) is 0 Å². The first-order chi connectivity index (χ1) is 6.07. The van der Waals surface area contributed by atoms with Crippen LogP contribution in [0.25, 0.3) is 0 Å². The summed E-state index contributed by atoms with van der Waals surface area (Å²) in [4.78, 5) is 11.3. The molecule has 1 aliphatic heterocycles. The highest BCUT2D eigenvalue weighted by molar-refractivity contribution is 5.61. The van der Waals surface area contributed by atoms with Gasteiger partial charge in [-0.05, 0) is 32.9 Å². The number of hydrogen-bond donors (Lipinski definition) is 2. The second-order valence-electron chi connectivity index (χ2n) is 3.38. The molecule has 78 valence electrons. The molecule has 13 heavy (non-hydrogen) atoms. The fourth-order valence-electron chi connectivity index (χ4n) is 1.66. The molecule has 1 aliphatic rings. The van der Waals surface area contributed by atoms with Crippen molar-refractivity contribution in [2.45, 2.75) is 38.6 Å². The topological polar surface area (TPSA) is 66.6 Å². The van der Waals surface area contributed by atoms with Crippen LogP contribution in [0.4, 0.5) is 4.79 Å². The van der Waals surface area contributed by atoms with E-state index in [0.717, 1.165) is 6.04 Å². The van der Waals surface area contributed by atoms with Crippen LogP contribution in [0.15, 0.2) is 0 Å². The van der Waals surface area contributed by atoms with Gasteiger partial charge in [-0.1, -0.05) is 13.3 Å². The number of nitrogens with two attached hydrogens (primary N) is 1. The Hall–Kier alpha value is -0.770. The van der Waals surface area contributed by atoms with Gasteiger partial charge in [0.05, 0.1) is 0 Å². The zero-order chi connectivity index (χ0) is 10.3. The van der Waals surface area contributed by atoms with Gasteiger partial charge in [-0.3, -0.25) is 0 Å². The summed E-state index contributed by atoms with van der Waals surface area (Å²) >= 11 is 0. The summed E-state index contributed by atoms with van der Waals surface area (Å²) in [6, 6.07) is 0.888. The molecule has 1 amide bonds. The van der Waals surface area contributed by atoms with E-state index in [1.165, 1.54) is 32.2 Å². The Morgan fingerprint density at radius 3 is 2.46 bits per heavy atom. The molecule has 0 bridgehead atoms. The predicted octanol–water partition coefficient (Wildman–Crippen LogP) is 1.50. The van der Waals surface area contributed by atoms with Crippen LogP contribution in [0, 0.1) is 0 Å². The number of rotatable bonds is 1. The highest BCUT2D eigenvalue weighted by atomic mass is 16.4. The van der Waals surface area contributed by atoms with E-state index in [0.29, 0.717) is 0 Å². The lowest BCUT2D eigenvalue weighted by Gasteiger charge is -2.31. The maximum absolute atomic E-state index is 8.78. The van der Waals surface area contributed by atoms with Crippen LogP contribution in [0.1, 0.15) is 32.6 Å². The van der Waals surface area contributed by atoms with Crippen molar-refractivity contribution in [3.05, 3.63) is 0 Å². The molecular formula is C9H20N2O2. The number of piperidine rings is 1. The van der Waals surface area contributed by atoms with Crippen molar-refractivity contribution in [1.29, 1.82) is 0 Å². The second-order valence-corrected chi connectivity index (χ2v) is 3.38. The maximum atomic E-state index is 8.78. The SMILES string of the molecule is CCC1CCCCN1C.NC(=O)O. The van der Waals surface area contributed by atoms with Crippen molar-refractivity contribution >= 4 is 6.09 Å². The third-order valence-electron chi connectivity index (χ3n) is 2.39. The lowest BCUT2D eigenvalue weighted by molar-refractivity contribution is 0.181. The molecule has 0 aromatic heterocycles. The van der Waals surface area contributed by atoms with E-state index in [-0.39, 0.29) is 0 Å². The van der Waals surface area contributed by atoms with Crippen molar-refractivity contribution in [2.75, 3.05) is 13.6 Å². The minimum Gasteiger partial charge on any atom is -0.465 e. The molecule has 0 aromatic carbocycles. The first-order valence-electron chi connectivity index (χ1n) is 4.76. The summed E-state index contributed by atoms with van der Waals surface area (Å²) in [5, 5.41) is 7.19. The molecule has 1 fully saturated rings. The van der Waals surface area contributed by atoms with E-state index in [2.05, 4.69) is 24.6 Å². The summed E-state index contributed by atoms with van der Waals surface area (Å²) in [7, 11) is 2.24. The van der Waals surface area contributed by atoms with Crippen LogP contribution in [-0.2, 0) is 0 Å². The third kappa shape index (κ3) is 6.40. The molecule has 1 atom stereocenters. The summed E-state index contributed by atoms with van der Waals surface area (Å²) in [6.07, 6.45) is 4.28. The van der Waals surface area contributed by atoms with Crippen LogP contribution in [-0.4, -0.2) is 35.7 Å². The summed E-state index contributed by atoms with van der Waals surface area (Å²) < 4.78 is 0. The quantitative estimate of drug-likeness (QED) is 0.655. The van der Waals surface area contributed by atoms with E-state index < -0.39 is 6.09 Å². The number of primary amides is 1. The molecule has 1 saturated heterocycles. The zero-order valence-corrected chi connectivity index (χ0v) is 8.49. The van der Waals surface area contributed by atoms with Gasteiger partial charge in [-0.2, -0.15) is 0 Å². The van der Waals surface area contributed by atoms with Gasteiger partial charge in [0.2, 0.25) is 0 Å². The van der Waals surface area contributed by atoms with Gasteiger partial charge < -0.3 is 15.7 Å².